The Morgan fingerprint density at radius 3 is 2.40 bits per heavy atom. The van der Waals surface area contributed by atoms with Gasteiger partial charge in [-0.05, 0) is 19.1 Å². The number of benzene rings is 1. The van der Waals surface area contributed by atoms with E-state index in [1.165, 1.54) is 0 Å². The monoisotopic (exact) mass is 242 g/mol. The Hall–Kier alpha value is -1.19. The molecule has 2 N–H and O–H groups in total. The molecule has 3 nitrogen and oxygen atoms in total. The van der Waals surface area contributed by atoms with Gasteiger partial charge in [0.05, 0.1) is 15.7 Å². The first kappa shape index (κ1) is 10.3. The van der Waals surface area contributed by atoms with E-state index in [2.05, 4.69) is 9.97 Å². The van der Waals surface area contributed by atoms with Gasteiger partial charge in [-0.3, -0.25) is 0 Å². The fourth-order valence-corrected chi connectivity index (χ4v) is 1.71. The number of aromatic nitrogens is 2. The lowest BCUT2D eigenvalue weighted by Crippen LogP contribution is -2.00. The number of nitrogens with one attached hydrogen (secondary N) is 2. The Labute approximate surface area is 96.1 Å². The van der Waals surface area contributed by atoms with Gasteiger partial charge in [-0.25, -0.2) is 4.79 Å². The van der Waals surface area contributed by atoms with Crippen LogP contribution in [0.5, 0.6) is 0 Å². The Bertz CT molecular complexity index is 557. The van der Waals surface area contributed by atoms with E-state index in [0.717, 1.165) is 17.0 Å². The number of halogens is 2. The molecule has 78 valence electrons. The molecule has 1 aromatic carbocycles. The summed E-state index contributed by atoms with van der Waals surface area (Å²) in [7, 11) is 0. The maximum atomic E-state index is 11.1. The van der Waals surface area contributed by atoms with Crippen LogP contribution in [0.1, 0.15) is 5.69 Å². The number of aryl methyl sites for hydroxylation is 1. The van der Waals surface area contributed by atoms with Gasteiger partial charge < -0.3 is 9.97 Å². The van der Waals surface area contributed by atoms with Gasteiger partial charge in [-0.2, -0.15) is 0 Å². The maximum Gasteiger partial charge on any atom is 0.323 e. The first-order valence-electron chi connectivity index (χ1n) is 4.32. The van der Waals surface area contributed by atoms with Crippen molar-refractivity contribution in [2.75, 3.05) is 0 Å². The third kappa shape index (κ3) is 1.94. The Morgan fingerprint density at radius 1 is 1.13 bits per heavy atom. The largest absolute Gasteiger partial charge is 0.323 e. The molecule has 2 rings (SSSR count). The highest BCUT2D eigenvalue weighted by Crippen LogP contribution is 2.27. The van der Waals surface area contributed by atoms with E-state index in [9.17, 15) is 4.79 Å². The summed E-state index contributed by atoms with van der Waals surface area (Å²) in [5.74, 6) is 0. The molecular formula is C10H8Cl2N2O. The topological polar surface area (TPSA) is 48.6 Å². The molecule has 0 saturated carbocycles. The van der Waals surface area contributed by atoms with Gasteiger partial charge in [0.1, 0.15) is 0 Å². The summed E-state index contributed by atoms with van der Waals surface area (Å²) in [6.07, 6.45) is 0. The van der Waals surface area contributed by atoms with Crippen LogP contribution in [0.3, 0.4) is 0 Å². The van der Waals surface area contributed by atoms with Crippen LogP contribution in [-0.2, 0) is 0 Å². The molecule has 1 heterocycles. The molecule has 0 atom stereocenters. The molecule has 0 saturated heterocycles. The van der Waals surface area contributed by atoms with Crippen LogP contribution in [0.2, 0.25) is 10.0 Å². The van der Waals surface area contributed by atoms with Crippen molar-refractivity contribution in [1.29, 1.82) is 0 Å². The van der Waals surface area contributed by atoms with Crippen molar-refractivity contribution in [3.63, 3.8) is 0 Å². The van der Waals surface area contributed by atoms with Gasteiger partial charge in [0.25, 0.3) is 0 Å². The second-order valence-electron chi connectivity index (χ2n) is 3.21. The van der Waals surface area contributed by atoms with Crippen molar-refractivity contribution in [3.05, 3.63) is 44.4 Å². The van der Waals surface area contributed by atoms with Crippen LogP contribution in [0, 0.1) is 6.92 Å². The van der Waals surface area contributed by atoms with E-state index in [0.29, 0.717) is 10.0 Å². The van der Waals surface area contributed by atoms with Gasteiger partial charge in [-0.1, -0.05) is 29.3 Å². The van der Waals surface area contributed by atoms with Crippen molar-refractivity contribution in [3.8, 4) is 11.3 Å². The second-order valence-corrected chi connectivity index (χ2v) is 4.02. The van der Waals surface area contributed by atoms with Crippen molar-refractivity contribution in [2.24, 2.45) is 0 Å². The van der Waals surface area contributed by atoms with E-state index in [1.807, 2.05) is 6.92 Å². The lowest BCUT2D eigenvalue weighted by atomic mass is 10.1. The SMILES string of the molecule is Cc1[nH]c(=O)[nH]c1-c1ccc(Cl)c(Cl)c1. The van der Waals surface area contributed by atoms with Crippen LogP contribution >= 0.6 is 23.2 Å². The third-order valence-corrected chi connectivity index (χ3v) is 2.86. The average Bonchev–Trinajstić information content (AvgIpc) is 2.50. The molecule has 1 aromatic heterocycles. The predicted molar refractivity (Wildman–Crippen MR) is 61.6 cm³/mol. The lowest BCUT2D eigenvalue weighted by Gasteiger charge is -2.01. The van der Waals surface area contributed by atoms with E-state index in [1.54, 1.807) is 18.2 Å². The van der Waals surface area contributed by atoms with Gasteiger partial charge in [0, 0.05) is 11.3 Å². The summed E-state index contributed by atoms with van der Waals surface area (Å²) in [4.78, 5) is 16.4. The molecule has 0 bridgehead atoms. The standard InChI is InChI=1S/C10H8Cl2N2O/c1-5-9(14-10(15)13-5)6-2-3-7(11)8(12)4-6/h2-4H,1H3,(H2,13,14,15). The van der Waals surface area contributed by atoms with Crippen LogP contribution in [0.15, 0.2) is 23.0 Å². The lowest BCUT2D eigenvalue weighted by molar-refractivity contribution is 1.16. The number of rotatable bonds is 1. The predicted octanol–water partition coefficient (Wildman–Crippen LogP) is 2.99. The quantitative estimate of drug-likeness (QED) is 0.794. The van der Waals surface area contributed by atoms with Crippen molar-refractivity contribution in [1.82, 2.24) is 9.97 Å². The molecule has 0 radical (unpaired) electrons. The van der Waals surface area contributed by atoms with Gasteiger partial charge >= 0.3 is 5.69 Å². The number of aromatic amines is 2. The molecule has 5 heteroatoms. The molecule has 0 amide bonds. The first-order chi connectivity index (χ1) is 7.08. The first-order valence-corrected chi connectivity index (χ1v) is 5.08. The highest BCUT2D eigenvalue weighted by Gasteiger charge is 2.07. The van der Waals surface area contributed by atoms with E-state index in [4.69, 9.17) is 23.2 Å². The smallest absolute Gasteiger partial charge is 0.310 e. The zero-order valence-corrected chi connectivity index (χ0v) is 9.41. The highest BCUT2D eigenvalue weighted by molar-refractivity contribution is 6.42. The van der Waals surface area contributed by atoms with Crippen molar-refractivity contribution in [2.45, 2.75) is 6.92 Å². The third-order valence-electron chi connectivity index (χ3n) is 2.12. The van der Waals surface area contributed by atoms with Gasteiger partial charge in [0.15, 0.2) is 0 Å². The number of imidazole rings is 1. The Morgan fingerprint density at radius 2 is 1.87 bits per heavy atom. The second kappa shape index (κ2) is 3.76. The fraction of sp³-hybridized carbons (Fsp3) is 0.100. The summed E-state index contributed by atoms with van der Waals surface area (Å²) in [5, 5.41) is 0.964. The minimum absolute atomic E-state index is 0.228. The average molecular weight is 243 g/mol. The molecule has 0 fully saturated rings. The van der Waals surface area contributed by atoms with E-state index < -0.39 is 0 Å². The van der Waals surface area contributed by atoms with Crippen LogP contribution in [0.25, 0.3) is 11.3 Å². The summed E-state index contributed by atoms with van der Waals surface area (Å²) >= 11 is 11.7. The molecule has 0 aliphatic heterocycles. The fourth-order valence-electron chi connectivity index (χ4n) is 1.41. The van der Waals surface area contributed by atoms with Crippen LogP contribution < -0.4 is 5.69 Å². The summed E-state index contributed by atoms with van der Waals surface area (Å²) in [6, 6.07) is 5.22. The molecule has 0 spiro atoms. The molecule has 0 unspecified atom stereocenters. The van der Waals surface area contributed by atoms with Crippen LogP contribution in [-0.4, -0.2) is 9.97 Å². The molecule has 15 heavy (non-hydrogen) atoms. The van der Waals surface area contributed by atoms with Crippen molar-refractivity contribution < 1.29 is 0 Å². The summed E-state index contributed by atoms with van der Waals surface area (Å²) in [5.41, 5.74) is 2.12. The van der Waals surface area contributed by atoms with Gasteiger partial charge in [-0.15, -0.1) is 0 Å². The van der Waals surface area contributed by atoms with Gasteiger partial charge in [0.2, 0.25) is 0 Å². The molecular weight excluding hydrogens is 235 g/mol. The molecule has 0 aliphatic rings. The van der Waals surface area contributed by atoms with Crippen LogP contribution in [0.4, 0.5) is 0 Å². The zero-order chi connectivity index (χ0) is 11.0. The zero-order valence-electron chi connectivity index (χ0n) is 7.90. The number of H-pyrrole nitrogens is 2. The van der Waals surface area contributed by atoms with E-state index in [-0.39, 0.29) is 5.69 Å². The highest BCUT2D eigenvalue weighted by atomic mass is 35.5. The number of hydrogen-bond acceptors (Lipinski definition) is 1. The summed E-state index contributed by atoms with van der Waals surface area (Å²) < 4.78 is 0. The minimum atomic E-state index is -0.228. The number of hydrogen-bond donors (Lipinski definition) is 2. The maximum absolute atomic E-state index is 11.1. The molecule has 2 aromatic rings. The van der Waals surface area contributed by atoms with E-state index >= 15 is 0 Å². The minimum Gasteiger partial charge on any atom is -0.310 e. The Kier molecular flexibility index (Phi) is 2.59. The Balaban J connectivity index is 2.59. The van der Waals surface area contributed by atoms with Crippen molar-refractivity contribution >= 4 is 23.2 Å². The summed E-state index contributed by atoms with van der Waals surface area (Å²) in [6.45, 7) is 1.82. The molecule has 0 aliphatic carbocycles. The normalized spacial score (nSPS) is 10.6.